The Labute approximate surface area is 190 Å². The minimum Gasteiger partial charge on any atom is -0.347 e. The number of carbonyl (C=O) groups is 1. The van der Waals surface area contributed by atoms with Gasteiger partial charge in [-0.05, 0) is 61.6 Å². The van der Waals surface area contributed by atoms with Crippen LogP contribution in [0.5, 0.6) is 0 Å². The molecule has 5 rings (SSSR count). The zero-order valence-electron chi connectivity index (χ0n) is 18.2. The standard InChI is InChI=1S/C25H25F3N4O/c1-32-24(19(12-30-32)14-2-3-14)16-4-6-18(21(27)11-16)25(33)31-23-13-29-9-8-17(23)15-5-7-20(26)22(28)10-15/h4-7,10-12,14,17,23,29H,2-3,8-9,13H2,1H3,(H,31,33)/t17-,23+/m0/s1. The van der Waals surface area contributed by atoms with Gasteiger partial charge in [-0.1, -0.05) is 12.1 Å². The number of halogens is 3. The lowest BCUT2D eigenvalue weighted by molar-refractivity contribution is 0.0920. The highest BCUT2D eigenvalue weighted by atomic mass is 19.2. The van der Waals surface area contributed by atoms with Gasteiger partial charge in [-0.25, -0.2) is 13.2 Å². The molecule has 0 bridgehead atoms. The predicted octanol–water partition coefficient (Wildman–Crippen LogP) is 4.26. The third-order valence-corrected chi connectivity index (χ3v) is 6.64. The molecular weight excluding hydrogens is 429 g/mol. The van der Waals surface area contributed by atoms with E-state index in [1.54, 1.807) is 10.7 Å². The zero-order chi connectivity index (χ0) is 23.1. The molecular formula is C25H25F3N4O. The summed E-state index contributed by atoms with van der Waals surface area (Å²) in [5.74, 6) is -2.71. The lowest BCUT2D eigenvalue weighted by Gasteiger charge is -2.33. The van der Waals surface area contributed by atoms with Crippen LogP contribution in [0, 0.1) is 17.5 Å². The van der Waals surface area contributed by atoms with E-state index in [1.807, 2.05) is 13.2 Å². The summed E-state index contributed by atoms with van der Waals surface area (Å²) >= 11 is 0. The van der Waals surface area contributed by atoms with Gasteiger partial charge in [0, 0.05) is 36.7 Å². The van der Waals surface area contributed by atoms with Crippen LogP contribution in [0.3, 0.4) is 0 Å². The van der Waals surface area contributed by atoms with E-state index in [2.05, 4.69) is 15.7 Å². The molecule has 33 heavy (non-hydrogen) atoms. The predicted molar refractivity (Wildman–Crippen MR) is 118 cm³/mol. The van der Waals surface area contributed by atoms with E-state index < -0.39 is 23.4 Å². The molecule has 5 nitrogen and oxygen atoms in total. The van der Waals surface area contributed by atoms with Gasteiger partial charge in [0.25, 0.3) is 5.91 Å². The number of nitrogens with zero attached hydrogens (tertiary/aromatic N) is 2. The monoisotopic (exact) mass is 454 g/mol. The summed E-state index contributed by atoms with van der Waals surface area (Å²) in [6.45, 7) is 1.14. The quantitative estimate of drug-likeness (QED) is 0.606. The van der Waals surface area contributed by atoms with E-state index in [-0.39, 0.29) is 17.5 Å². The fourth-order valence-electron chi connectivity index (χ4n) is 4.75. The second kappa shape index (κ2) is 8.67. The largest absolute Gasteiger partial charge is 0.347 e. The average molecular weight is 454 g/mol. The van der Waals surface area contributed by atoms with Crippen molar-refractivity contribution in [1.29, 1.82) is 0 Å². The summed E-state index contributed by atoms with van der Waals surface area (Å²) in [5.41, 5.74) is 3.23. The van der Waals surface area contributed by atoms with Gasteiger partial charge in [0.15, 0.2) is 11.6 Å². The molecule has 1 aliphatic heterocycles. The molecule has 8 heteroatoms. The SMILES string of the molecule is Cn1ncc(C2CC2)c1-c1ccc(C(=O)N[C@@H]2CNCC[C@H]2c2ccc(F)c(F)c2)c(F)c1. The Bertz CT molecular complexity index is 1200. The van der Waals surface area contributed by atoms with E-state index in [1.165, 1.54) is 24.3 Å². The Hall–Kier alpha value is -3.13. The molecule has 1 saturated heterocycles. The normalized spacial score (nSPS) is 20.6. The molecule has 2 fully saturated rings. The first-order chi connectivity index (χ1) is 15.9. The number of hydrogen-bond donors (Lipinski definition) is 2. The molecule has 1 amide bonds. The summed E-state index contributed by atoms with van der Waals surface area (Å²) in [7, 11) is 1.83. The number of benzene rings is 2. The van der Waals surface area contributed by atoms with E-state index in [4.69, 9.17) is 0 Å². The minimum absolute atomic E-state index is 0.0523. The van der Waals surface area contributed by atoms with Crippen molar-refractivity contribution in [3.63, 3.8) is 0 Å². The van der Waals surface area contributed by atoms with E-state index in [0.717, 1.165) is 30.2 Å². The molecule has 2 N–H and O–H groups in total. The van der Waals surface area contributed by atoms with Crippen molar-refractivity contribution < 1.29 is 18.0 Å². The number of aromatic nitrogens is 2. The molecule has 1 aliphatic carbocycles. The number of hydrogen-bond acceptors (Lipinski definition) is 3. The highest BCUT2D eigenvalue weighted by molar-refractivity contribution is 5.95. The Kier molecular flexibility index (Phi) is 5.70. The summed E-state index contributed by atoms with van der Waals surface area (Å²) in [6, 6.07) is 8.04. The second-order valence-corrected chi connectivity index (χ2v) is 8.89. The van der Waals surface area contributed by atoms with Crippen molar-refractivity contribution >= 4 is 5.91 Å². The van der Waals surface area contributed by atoms with Gasteiger partial charge in [-0.3, -0.25) is 9.48 Å². The van der Waals surface area contributed by atoms with Crippen molar-refractivity contribution in [1.82, 2.24) is 20.4 Å². The van der Waals surface area contributed by atoms with Crippen LogP contribution < -0.4 is 10.6 Å². The Morgan fingerprint density at radius 2 is 1.88 bits per heavy atom. The molecule has 1 aromatic heterocycles. The van der Waals surface area contributed by atoms with Gasteiger partial charge in [0.05, 0.1) is 17.5 Å². The fourth-order valence-corrected chi connectivity index (χ4v) is 4.75. The fraction of sp³-hybridized carbons (Fsp3) is 0.360. The topological polar surface area (TPSA) is 59.0 Å². The molecule has 0 radical (unpaired) electrons. The van der Waals surface area contributed by atoms with Crippen molar-refractivity contribution in [2.45, 2.75) is 37.1 Å². The maximum atomic E-state index is 15.0. The van der Waals surface area contributed by atoms with Gasteiger partial charge in [0.2, 0.25) is 0 Å². The van der Waals surface area contributed by atoms with Crippen LogP contribution in [-0.4, -0.2) is 34.8 Å². The van der Waals surface area contributed by atoms with Crippen LogP contribution in [0.4, 0.5) is 13.2 Å². The van der Waals surface area contributed by atoms with Crippen molar-refractivity contribution in [2.75, 3.05) is 13.1 Å². The number of amides is 1. The first-order valence-corrected chi connectivity index (χ1v) is 11.2. The highest BCUT2D eigenvalue weighted by Gasteiger charge is 2.31. The number of piperidine rings is 1. The smallest absolute Gasteiger partial charge is 0.254 e. The number of aryl methyl sites for hydroxylation is 1. The third-order valence-electron chi connectivity index (χ3n) is 6.64. The van der Waals surface area contributed by atoms with Crippen LogP contribution in [0.15, 0.2) is 42.6 Å². The average Bonchev–Trinajstić information content (AvgIpc) is 3.57. The molecule has 172 valence electrons. The van der Waals surface area contributed by atoms with Crippen LogP contribution in [0.1, 0.15) is 52.6 Å². The van der Waals surface area contributed by atoms with Gasteiger partial charge < -0.3 is 10.6 Å². The van der Waals surface area contributed by atoms with Crippen LogP contribution in [0.2, 0.25) is 0 Å². The molecule has 0 unspecified atom stereocenters. The molecule has 2 heterocycles. The van der Waals surface area contributed by atoms with Crippen LogP contribution in [0.25, 0.3) is 11.3 Å². The Morgan fingerprint density at radius 1 is 1.06 bits per heavy atom. The Morgan fingerprint density at radius 3 is 2.61 bits per heavy atom. The molecule has 1 saturated carbocycles. The van der Waals surface area contributed by atoms with Gasteiger partial charge in [-0.15, -0.1) is 0 Å². The molecule has 2 aliphatic rings. The number of carbonyl (C=O) groups excluding carboxylic acids is 1. The maximum Gasteiger partial charge on any atom is 0.254 e. The lowest BCUT2D eigenvalue weighted by atomic mass is 9.85. The van der Waals surface area contributed by atoms with Gasteiger partial charge in [0.1, 0.15) is 5.82 Å². The number of rotatable bonds is 5. The highest BCUT2D eigenvalue weighted by Crippen LogP contribution is 2.44. The third kappa shape index (κ3) is 4.27. The first-order valence-electron chi connectivity index (χ1n) is 11.2. The van der Waals surface area contributed by atoms with Crippen molar-refractivity contribution in [3.8, 4) is 11.3 Å². The van der Waals surface area contributed by atoms with Crippen LogP contribution >= 0.6 is 0 Å². The van der Waals surface area contributed by atoms with E-state index >= 15 is 4.39 Å². The number of nitrogens with one attached hydrogen (secondary N) is 2. The van der Waals surface area contributed by atoms with Crippen molar-refractivity contribution in [3.05, 3.63) is 76.7 Å². The first kappa shape index (κ1) is 21.7. The molecule has 3 aromatic rings. The maximum absolute atomic E-state index is 15.0. The summed E-state index contributed by atoms with van der Waals surface area (Å²) in [5, 5.41) is 10.4. The minimum atomic E-state index is -0.918. The molecule has 2 atom stereocenters. The van der Waals surface area contributed by atoms with Crippen LogP contribution in [-0.2, 0) is 7.05 Å². The second-order valence-electron chi connectivity index (χ2n) is 8.89. The van der Waals surface area contributed by atoms with E-state index in [0.29, 0.717) is 36.6 Å². The van der Waals surface area contributed by atoms with Crippen molar-refractivity contribution in [2.24, 2.45) is 7.05 Å². The lowest BCUT2D eigenvalue weighted by Crippen LogP contribution is -2.50. The summed E-state index contributed by atoms with van der Waals surface area (Å²) in [6.07, 6.45) is 4.69. The zero-order valence-corrected chi connectivity index (χ0v) is 18.2. The Balaban J connectivity index is 1.37. The summed E-state index contributed by atoms with van der Waals surface area (Å²) in [4.78, 5) is 13.0. The van der Waals surface area contributed by atoms with Gasteiger partial charge >= 0.3 is 0 Å². The van der Waals surface area contributed by atoms with Gasteiger partial charge in [-0.2, -0.15) is 5.10 Å². The molecule has 2 aromatic carbocycles. The molecule has 0 spiro atoms. The summed E-state index contributed by atoms with van der Waals surface area (Å²) < 4.78 is 43.9. The van der Waals surface area contributed by atoms with E-state index in [9.17, 15) is 13.6 Å².